The highest BCUT2D eigenvalue weighted by molar-refractivity contribution is 7.99. The Balaban J connectivity index is 1.88. The van der Waals surface area contributed by atoms with Crippen molar-refractivity contribution >= 4 is 34.9 Å². The van der Waals surface area contributed by atoms with Crippen molar-refractivity contribution < 1.29 is 0 Å². The Morgan fingerprint density at radius 1 is 1.05 bits per heavy atom. The first kappa shape index (κ1) is 14.1. The van der Waals surface area contributed by atoms with Crippen LogP contribution in [-0.2, 0) is 0 Å². The van der Waals surface area contributed by atoms with Gasteiger partial charge in [-0.05, 0) is 30.3 Å². The monoisotopic (exact) mass is 329 g/mol. The van der Waals surface area contributed by atoms with E-state index in [4.69, 9.17) is 16.6 Å². The number of nitrogens with zero attached hydrogens (tertiary/aromatic N) is 2. The average Bonchev–Trinajstić information content (AvgIpc) is 2.72. The van der Waals surface area contributed by atoms with Crippen molar-refractivity contribution in [1.82, 2.24) is 10.2 Å². The number of hydrogen-bond acceptors (Lipinski definition) is 4. The highest BCUT2D eigenvalue weighted by Crippen LogP contribution is 2.41. The maximum atomic E-state index is 6.25. The van der Waals surface area contributed by atoms with Gasteiger partial charge in [0.25, 0.3) is 0 Å². The summed E-state index contributed by atoms with van der Waals surface area (Å²) in [6, 6.07) is 14.4. The van der Waals surface area contributed by atoms with E-state index < -0.39 is 0 Å². The Morgan fingerprint density at radius 3 is 2.73 bits per heavy atom. The molecular formula is C17H16ClN3S. The lowest BCUT2D eigenvalue weighted by molar-refractivity contribution is 0.358. The molecule has 2 heterocycles. The molecule has 2 aliphatic heterocycles. The molecular weight excluding hydrogens is 314 g/mol. The molecule has 2 aromatic carbocycles. The molecule has 2 aliphatic rings. The van der Waals surface area contributed by atoms with E-state index in [1.165, 1.54) is 9.79 Å². The van der Waals surface area contributed by atoms with Crippen molar-refractivity contribution in [1.29, 1.82) is 0 Å². The van der Waals surface area contributed by atoms with Crippen LogP contribution in [0.4, 0.5) is 5.69 Å². The number of halogens is 1. The van der Waals surface area contributed by atoms with Crippen LogP contribution in [0.25, 0.3) is 0 Å². The Bertz CT molecular complexity index is 738. The van der Waals surface area contributed by atoms with Crippen molar-refractivity contribution in [3.05, 3.63) is 53.1 Å². The molecule has 112 valence electrons. The summed E-state index contributed by atoms with van der Waals surface area (Å²) < 4.78 is 0. The summed E-state index contributed by atoms with van der Waals surface area (Å²) in [7, 11) is 0. The quantitative estimate of drug-likeness (QED) is 0.797. The average molecular weight is 330 g/mol. The molecule has 0 atom stereocenters. The van der Waals surface area contributed by atoms with Gasteiger partial charge < -0.3 is 10.2 Å². The van der Waals surface area contributed by atoms with Gasteiger partial charge in [0.1, 0.15) is 5.84 Å². The number of hydrogen-bond donors (Lipinski definition) is 1. The van der Waals surface area contributed by atoms with Crippen LogP contribution >= 0.6 is 23.4 Å². The van der Waals surface area contributed by atoms with Gasteiger partial charge in [-0.2, -0.15) is 0 Å². The smallest absolute Gasteiger partial charge is 0.137 e. The molecule has 1 fully saturated rings. The van der Waals surface area contributed by atoms with Crippen molar-refractivity contribution in [2.45, 2.75) is 9.79 Å². The molecule has 0 saturated carbocycles. The minimum Gasteiger partial charge on any atom is -0.354 e. The molecule has 2 aromatic rings. The van der Waals surface area contributed by atoms with Gasteiger partial charge in [-0.3, -0.25) is 0 Å². The normalized spacial score (nSPS) is 17.3. The van der Waals surface area contributed by atoms with Gasteiger partial charge >= 0.3 is 0 Å². The zero-order valence-electron chi connectivity index (χ0n) is 12.1. The van der Waals surface area contributed by atoms with Gasteiger partial charge in [-0.15, -0.1) is 0 Å². The van der Waals surface area contributed by atoms with Crippen molar-refractivity contribution in [3.8, 4) is 0 Å². The van der Waals surface area contributed by atoms with E-state index in [0.29, 0.717) is 0 Å². The van der Waals surface area contributed by atoms with Crippen LogP contribution in [0.2, 0.25) is 5.02 Å². The Hall–Kier alpha value is -1.49. The summed E-state index contributed by atoms with van der Waals surface area (Å²) in [4.78, 5) is 9.74. The van der Waals surface area contributed by atoms with E-state index in [9.17, 15) is 0 Å². The number of para-hydroxylation sites is 1. The summed E-state index contributed by atoms with van der Waals surface area (Å²) in [5, 5.41) is 4.15. The molecule has 0 radical (unpaired) electrons. The SMILES string of the molecule is Clc1ccc2c(c1)C(N1CCNCC1)=Nc1ccccc1S2. The van der Waals surface area contributed by atoms with Gasteiger partial charge in [-0.25, -0.2) is 4.99 Å². The lowest BCUT2D eigenvalue weighted by Crippen LogP contribution is -2.46. The molecule has 22 heavy (non-hydrogen) atoms. The third-order valence-electron chi connectivity index (χ3n) is 3.91. The third kappa shape index (κ3) is 2.62. The molecule has 1 saturated heterocycles. The zero-order valence-corrected chi connectivity index (χ0v) is 13.6. The second-order valence-corrected chi connectivity index (χ2v) is 6.90. The second kappa shape index (κ2) is 5.95. The van der Waals surface area contributed by atoms with E-state index in [2.05, 4.69) is 34.5 Å². The summed E-state index contributed by atoms with van der Waals surface area (Å²) in [6.45, 7) is 3.92. The van der Waals surface area contributed by atoms with E-state index in [0.717, 1.165) is 48.3 Å². The third-order valence-corrected chi connectivity index (χ3v) is 5.29. The van der Waals surface area contributed by atoms with Crippen LogP contribution in [-0.4, -0.2) is 36.9 Å². The minimum atomic E-state index is 0.758. The van der Waals surface area contributed by atoms with Crippen molar-refractivity contribution in [3.63, 3.8) is 0 Å². The van der Waals surface area contributed by atoms with Gasteiger partial charge in [0.15, 0.2) is 0 Å². The zero-order chi connectivity index (χ0) is 14.9. The first-order chi connectivity index (χ1) is 10.8. The lowest BCUT2D eigenvalue weighted by atomic mass is 10.1. The molecule has 1 N–H and O–H groups in total. The van der Waals surface area contributed by atoms with E-state index in [-0.39, 0.29) is 0 Å². The minimum absolute atomic E-state index is 0.758. The van der Waals surface area contributed by atoms with E-state index in [1.54, 1.807) is 11.8 Å². The molecule has 4 rings (SSSR count). The van der Waals surface area contributed by atoms with Gasteiger partial charge in [0, 0.05) is 46.6 Å². The van der Waals surface area contributed by atoms with Gasteiger partial charge in [-0.1, -0.05) is 35.5 Å². The molecule has 5 heteroatoms. The van der Waals surface area contributed by atoms with Crippen LogP contribution in [0.1, 0.15) is 5.56 Å². The number of rotatable bonds is 0. The summed E-state index contributed by atoms with van der Waals surface area (Å²) >= 11 is 8.01. The van der Waals surface area contributed by atoms with Crippen LogP contribution in [0, 0.1) is 0 Å². The highest BCUT2D eigenvalue weighted by atomic mass is 35.5. The van der Waals surface area contributed by atoms with Crippen LogP contribution < -0.4 is 5.32 Å². The summed E-state index contributed by atoms with van der Waals surface area (Å²) in [5.41, 5.74) is 2.17. The Morgan fingerprint density at radius 2 is 1.86 bits per heavy atom. The van der Waals surface area contributed by atoms with Crippen LogP contribution in [0.3, 0.4) is 0 Å². The highest BCUT2D eigenvalue weighted by Gasteiger charge is 2.23. The maximum Gasteiger partial charge on any atom is 0.137 e. The van der Waals surface area contributed by atoms with Crippen LogP contribution in [0.5, 0.6) is 0 Å². The Labute approximate surface area is 139 Å². The molecule has 0 aromatic heterocycles. The molecule has 0 bridgehead atoms. The topological polar surface area (TPSA) is 27.6 Å². The molecule has 0 amide bonds. The fourth-order valence-corrected chi connectivity index (χ4v) is 3.98. The van der Waals surface area contributed by atoms with Crippen molar-refractivity contribution in [2.24, 2.45) is 4.99 Å². The summed E-state index contributed by atoms with van der Waals surface area (Å²) in [5.74, 6) is 1.04. The van der Waals surface area contributed by atoms with Crippen molar-refractivity contribution in [2.75, 3.05) is 26.2 Å². The second-order valence-electron chi connectivity index (χ2n) is 5.38. The van der Waals surface area contributed by atoms with Crippen LogP contribution in [0.15, 0.2) is 57.2 Å². The maximum absolute atomic E-state index is 6.25. The fourth-order valence-electron chi connectivity index (χ4n) is 2.81. The predicted molar refractivity (Wildman–Crippen MR) is 92.7 cm³/mol. The summed E-state index contributed by atoms with van der Waals surface area (Å²) in [6.07, 6.45) is 0. The molecule has 3 nitrogen and oxygen atoms in total. The van der Waals surface area contributed by atoms with Gasteiger partial charge in [0.2, 0.25) is 0 Å². The number of fused-ring (bicyclic) bond motifs is 2. The fraction of sp³-hybridized carbons (Fsp3) is 0.235. The molecule has 0 aliphatic carbocycles. The lowest BCUT2D eigenvalue weighted by Gasteiger charge is -2.30. The molecule has 0 unspecified atom stereocenters. The largest absolute Gasteiger partial charge is 0.354 e. The first-order valence-corrected chi connectivity index (χ1v) is 8.62. The van der Waals surface area contributed by atoms with E-state index >= 15 is 0 Å². The number of piperazine rings is 1. The molecule has 0 spiro atoms. The van der Waals surface area contributed by atoms with E-state index in [1.807, 2.05) is 18.2 Å². The number of amidine groups is 1. The first-order valence-electron chi connectivity index (χ1n) is 7.42. The standard InChI is InChI=1S/C17H16ClN3S/c18-12-5-6-15-13(11-12)17(21-9-7-19-8-10-21)20-14-3-1-2-4-16(14)22-15/h1-6,11,19H,7-10H2. The number of nitrogens with one attached hydrogen (secondary N) is 1. The van der Waals surface area contributed by atoms with Gasteiger partial charge in [0.05, 0.1) is 5.69 Å². The number of benzene rings is 2. The predicted octanol–water partition coefficient (Wildman–Crippen LogP) is 3.79. The number of aliphatic imine (C=N–C) groups is 1. The Kier molecular flexibility index (Phi) is 3.82.